The van der Waals surface area contributed by atoms with E-state index in [0.717, 1.165) is 16.7 Å². The molecule has 0 aliphatic heterocycles. The molecular formula is C21H22N4O. The summed E-state index contributed by atoms with van der Waals surface area (Å²) < 4.78 is 0. The first-order chi connectivity index (χ1) is 12.7. The maximum Gasteiger partial charge on any atom is 0.242 e. The summed E-state index contributed by atoms with van der Waals surface area (Å²) in [7, 11) is 0. The van der Waals surface area contributed by atoms with Gasteiger partial charge in [0.15, 0.2) is 0 Å². The third kappa shape index (κ3) is 4.97. The molecule has 0 aliphatic rings. The lowest BCUT2D eigenvalue weighted by Crippen LogP contribution is -2.37. The van der Waals surface area contributed by atoms with E-state index >= 15 is 0 Å². The highest BCUT2D eigenvalue weighted by Gasteiger charge is 2.19. The van der Waals surface area contributed by atoms with Gasteiger partial charge in [0.1, 0.15) is 6.04 Å². The minimum atomic E-state index is -0.425. The minimum Gasteiger partial charge on any atom is -0.350 e. The number of carbonyl (C=O) groups excluding carboxylic acids is 1. The monoisotopic (exact) mass is 346 g/mol. The number of nitrogens with one attached hydrogen (secondary N) is 2. The fraction of sp³-hybridized carbons (Fsp3) is 0.190. The van der Waals surface area contributed by atoms with Crippen LogP contribution >= 0.6 is 0 Å². The van der Waals surface area contributed by atoms with Crippen molar-refractivity contribution >= 4 is 5.91 Å². The number of rotatable bonds is 7. The van der Waals surface area contributed by atoms with Crippen LogP contribution in [0.1, 0.15) is 28.3 Å². The van der Waals surface area contributed by atoms with Crippen LogP contribution in [0, 0.1) is 6.92 Å². The van der Waals surface area contributed by atoms with Crippen LogP contribution in [-0.2, 0) is 17.9 Å². The molecule has 3 rings (SSSR count). The van der Waals surface area contributed by atoms with Gasteiger partial charge in [-0.15, -0.1) is 0 Å². The van der Waals surface area contributed by atoms with Gasteiger partial charge in [0, 0.05) is 37.9 Å². The first-order valence-corrected chi connectivity index (χ1v) is 8.58. The average Bonchev–Trinajstić information content (AvgIpc) is 2.69. The molecule has 0 fully saturated rings. The molecule has 5 heteroatoms. The average molecular weight is 346 g/mol. The lowest BCUT2D eigenvalue weighted by atomic mass is 10.0. The second-order valence-corrected chi connectivity index (χ2v) is 6.15. The van der Waals surface area contributed by atoms with E-state index in [4.69, 9.17) is 0 Å². The Morgan fingerprint density at radius 2 is 1.38 bits per heavy atom. The Morgan fingerprint density at radius 3 is 1.96 bits per heavy atom. The lowest BCUT2D eigenvalue weighted by molar-refractivity contribution is -0.123. The molecule has 0 radical (unpaired) electrons. The van der Waals surface area contributed by atoms with E-state index in [-0.39, 0.29) is 5.91 Å². The standard InChI is InChI=1S/C21H22N4O/c1-16-2-4-19(5-3-16)20(24-14-17-6-10-22-11-7-17)21(26)25-15-18-8-12-23-13-9-18/h2-13,20,24H,14-15H2,1H3,(H,25,26). The lowest BCUT2D eigenvalue weighted by Gasteiger charge is -2.19. The molecule has 2 aromatic heterocycles. The first-order valence-electron chi connectivity index (χ1n) is 8.58. The largest absolute Gasteiger partial charge is 0.350 e. The van der Waals surface area contributed by atoms with E-state index in [2.05, 4.69) is 20.6 Å². The molecule has 0 aliphatic carbocycles. The zero-order valence-electron chi connectivity index (χ0n) is 14.7. The first kappa shape index (κ1) is 17.8. The molecule has 5 nitrogen and oxygen atoms in total. The number of benzene rings is 1. The zero-order valence-corrected chi connectivity index (χ0v) is 14.7. The Bertz CT molecular complexity index is 820. The summed E-state index contributed by atoms with van der Waals surface area (Å²) in [5.41, 5.74) is 4.21. The molecule has 1 unspecified atom stereocenters. The molecular weight excluding hydrogens is 324 g/mol. The second kappa shape index (κ2) is 8.87. The van der Waals surface area contributed by atoms with Crippen molar-refractivity contribution in [2.75, 3.05) is 0 Å². The van der Waals surface area contributed by atoms with Gasteiger partial charge in [-0.2, -0.15) is 0 Å². The van der Waals surface area contributed by atoms with Gasteiger partial charge in [0.25, 0.3) is 0 Å². The third-order valence-electron chi connectivity index (χ3n) is 4.15. The predicted octanol–water partition coefficient (Wildman–Crippen LogP) is 2.93. The maximum atomic E-state index is 12.8. The maximum absolute atomic E-state index is 12.8. The van der Waals surface area contributed by atoms with Gasteiger partial charge in [-0.05, 0) is 47.9 Å². The number of nitrogens with zero attached hydrogens (tertiary/aromatic N) is 2. The summed E-state index contributed by atoms with van der Waals surface area (Å²) in [5, 5.41) is 6.36. The summed E-state index contributed by atoms with van der Waals surface area (Å²) in [6.07, 6.45) is 6.95. The van der Waals surface area contributed by atoms with Crippen molar-refractivity contribution in [3.05, 3.63) is 95.6 Å². The Hall–Kier alpha value is -3.05. The van der Waals surface area contributed by atoms with Crippen molar-refractivity contribution in [2.45, 2.75) is 26.1 Å². The number of carbonyl (C=O) groups is 1. The van der Waals surface area contributed by atoms with E-state index in [9.17, 15) is 4.79 Å². The van der Waals surface area contributed by atoms with Crippen molar-refractivity contribution < 1.29 is 4.79 Å². The Balaban J connectivity index is 1.71. The number of hydrogen-bond donors (Lipinski definition) is 2. The molecule has 1 amide bonds. The van der Waals surface area contributed by atoms with Crippen molar-refractivity contribution in [1.29, 1.82) is 0 Å². The molecule has 3 aromatic rings. The number of amides is 1. The third-order valence-corrected chi connectivity index (χ3v) is 4.15. The summed E-state index contributed by atoms with van der Waals surface area (Å²) in [6.45, 7) is 3.09. The quantitative estimate of drug-likeness (QED) is 0.690. The minimum absolute atomic E-state index is 0.0558. The van der Waals surface area contributed by atoms with Crippen molar-refractivity contribution in [1.82, 2.24) is 20.6 Å². The van der Waals surface area contributed by atoms with Crippen LogP contribution in [0.5, 0.6) is 0 Å². The molecule has 2 N–H and O–H groups in total. The molecule has 1 aromatic carbocycles. The van der Waals surface area contributed by atoms with Gasteiger partial charge >= 0.3 is 0 Å². The van der Waals surface area contributed by atoms with Crippen LogP contribution < -0.4 is 10.6 Å². The summed E-state index contributed by atoms with van der Waals surface area (Å²) in [4.78, 5) is 20.8. The molecule has 0 saturated heterocycles. The topological polar surface area (TPSA) is 66.9 Å². The number of aromatic nitrogens is 2. The van der Waals surface area contributed by atoms with Gasteiger partial charge in [0.2, 0.25) is 5.91 Å². The molecule has 132 valence electrons. The van der Waals surface area contributed by atoms with Crippen LogP contribution in [0.4, 0.5) is 0 Å². The fourth-order valence-electron chi connectivity index (χ4n) is 2.63. The van der Waals surface area contributed by atoms with E-state index in [1.807, 2.05) is 55.5 Å². The van der Waals surface area contributed by atoms with Crippen LogP contribution in [-0.4, -0.2) is 15.9 Å². The van der Waals surface area contributed by atoms with Gasteiger partial charge in [-0.3, -0.25) is 20.1 Å². The molecule has 0 spiro atoms. The summed E-state index contributed by atoms with van der Waals surface area (Å²) >= 11 is 0. The highest BCUT2D eigenvalue weighted by Crippen LogP contribution is 2.15. The van der Waals surface area contributed by atoms with Crippen LogP contribution in [0.3, 0.4) is 0 Å². The van der Waals surface area contributed by atoms with Crippen LogP contribution in [0.15, 0.2) is 73.3 Å². The Kier molecular flexibility index (Phi) is 6.06. The van der Waals surface area contributed by atoms with Crippen molar-refractivity contribution in [2.24, 2.45) is 0 Å². The van der Waals surface area contributed by atoms with E-state index in [0.29, 0.717) is 13.1 Å². The number of aryl methyl sites for hydroxylation is 1. The SMILES string of the molecule is Cc1ccc(C(NCc2ccncc2)C(=O)NCc2ccncc2)cc1. The number of pyridine rings is 2. The van der Waals surface area contributed by atoms with Crippen LogP contribution in [0.2, 0.25) is 0 Å². The summed E-state index contributed by atoms with van der Waals surface area (Å²) in [5.74, 6) is -0.0558. The highest BCUT2D eigenvalue weighted by atomic mass is 16.2. The van der Waals surface area contributed by atoms with E-state index in [1.165, 1.54) is 5.56 Å². The molecule has 1 atom stereocenters. The Morgan fingerprint density at radius 1 is 0.846 bits per heavy atom. The van der Waals surface area contributed by atoms with E-state index in [1.54, 1.807) is 24.8 Å². The Labute approximate surface area is 153 Å². The van der Waals surface area contributed by atoms with Gasteiger partial charge in [0.05, 0.1) is 0 Å². The highest BCUT2D eigenvalue weighted by molar-refractivity contribution is 5.83. The van der Waals surface area contributed by atoms with Gasteiger partial charge in [-0.25, -0.2) is 0 Å². The van der Waals surface area contributed by atoms with Crippen LogP contribution in [0.25, 0.3) is 0 Å². The molecule has 0 bridgehead atoms. The predicted molar refractivity (Wildman–Crippen MR) is 101 cm³/mol. The van der Waals surface area contributed by atoms with Gasteiger partial charge in [-0.1, -0.05) is 29.8 Å². The number of hydrogen-bond acceptors (Lipinski definition) is 4. The zero-order chi connectivity index (χ0) is 18.2. The smallest absolute Gasteiger partial charge is 0.242 e. The van der Waals surface area contributed by atoms with E-state index < -0.39 is 6.04 Å². The molecule has 26 heavy (non-hydrogen) atoms. The van der Waals surface area contributed by atoms with Crippen molar-refractivity contribution in [3.8, 4) is 0 Å². The fourth-order valence-corrected chi connectivity index (χ4v) is 2.63. The normalized spacial score (nSPS) is 11.7. The summed E-state index contributed by atoms with van der Waals surface area (Å²) in [6, 6.07) is 15.3. The van der Waals surface area contributed by atoms with Gasteiger partial charge < -0.3 is 5.32 Å². The molecule has 0 saturated carbocycles. The molecule has 2 heterocycles. The second-order valence-electron chi connectivity index (χ2n) is 6.15. The van der Waals surface area contributed by atoms with Crippen molar-refractivity contribution in [3.63, 3.8) is 0 Å².